The number of ketones is 1. The van der Waals surface area contributed by atoms with Gasteiger partial charge in [-0.3, -0.25) is 4.79 Å². The van der Waals surface area contributed by atoms with Crippen LogP contribution in [0.3, 0.4) is 0 Å². The summed E-state index contributed by atoms with van der Waals surface area (Å²) in [5.74, 6) is 3.36. The van der Waals surface area contributed by atoms with Crippen molar-refractivity contribution < 1.29 is 14.6 Å². The first kappa shape index (κ1) is 19.4. The van der Waals surface area contributed by atoms with Crippen LogP contribution in [0.15, 0.2) is 42.0 Å². The Labute approximate surface area is 174 Å². The average molecular weight is 395 g/mol. The first-order valence-electron chi connectivity index (χ1n) is 11.6. The van der Waals surface area contributed by atoms with E-state index < -0.39 is 0 Å². The lowest BCUT2D eigenvalue weighted by Gasteiger charge is -2.58. The van der Waals surface area contributed by atoms with Gasteiger partial charge in [0.2, 0.25) is 0 Å². The number of carbonyl (C=O) groups is 1. The maximum absolute atomic E-state index is 12.2. The third kappa shape index (κ3) is 3.00. The highest BCUT2D eigenvalue weighted by molar-refractivity contribution is 5.82. The Morgan fingerprint density at radius 3 is 2.72 bits per heavy atom. The zero-order valence-corrected chi connectivity index (χ0v) is 17.6. The van der Waals surface area contributed by atoms with E-state index in [4.69, 9.17) is 4.74 Å². The van der Waals surface area contributed by atoms with Crippen molar-refractivity contribution in [2.45, 2.75) is 70.8 Å². The number of benzene rings is 1. The normalized spacial score (nSPS) is 41.2. The van der Waals surface area contributed by atoms with Crippen LogP contribution in [-0.2, 0) is 4.79 Å². The molecule has 6 atom stereocenters. The molecule has 1 aromatic rings. The van der Waals surface area contributed by atoms with Gasteiger partial charge in [0.25, 0.3) is 0 Å². The van der Waals surface area contributed by atoms with E-state index in [1.165, 1.54) is 24.8 Å². The molecule has 1 aromatic carbocycles. The fraction of sp³-hybridized carbons (Fsp3) is 0.654. The second-order valence-corrected chi connectivity index (χ2v) is 10.2. The number of Topliss-reactive ketones (excluding diaryl/α,β-unsaturated/α-hetero) is 1. The van der Waals surface area contributed by atoms with Crippen molar-refractivity contribution in [1.29, 1.82) is 0 Å². The molecule has 4 aliphatic carbocycles. The monoisotopic (exact) mass is 394 g/mol. The van der Waals surface area contributed by atoms with Gasteiger partial charge in [-0.15, -0.1) is 0 Å². The molecule has 156 valence electrons. The molecule has 1 N–H and O–H groups in total. The molecule has 0 spiro atoms. The van der Waals surface area contributed by atoms with Gasteiger partial charge in [0.15, 0.2) is 0 Å². The van der Waals surface area contributed by atoms with E-state index >= 15 is 0 Å². The summed E-state index contributed by atoms with van der Waals surface area (Å²) >= 11 is 0. The van der Waals surface area contributed by atoms with Gasteiger partial charge in [0, 0.05) is 24.9 Å². The molecule has 5 rings (SSSR count). The Hall–Kier alpha value is -1.61. The van der Waals surface area contributed by atoms with Gasteiger partial charge in [-0.2, -0.15) is 0 Å². The molecule has 0 unspecified atom stereocenters. The van der Waals surface area contributed by atoms with E-state index in [-0.39, 0.29) is 17.4 Å². The van der Waals surface area contributed by atoms with E-state index in [1.807, 2.05) is 6.07 Å². The van der Waals surface area contributed by atoms with Gasteiger partial charge in [-0.25, -0.2) is 0 Å². The van der Waals surface area contributed by atoms with E-state index in [1.54, 1.807) is 0 Å². The summed E-state index contributed by atoms with van der Waals surface area (Å²) in [4.78, 5) is 12.2. The molecule has 0 amide bonds. The number of aliphatic hydroxyl groups excluding tert-OH is 1. The highest BCUT2D eigenvalue weighted by Gasteiger charge is 2.60. The maximum Gasteiger partial charge on any atom is 0.136 e. The number of hydrogen-bond acceptors (Lipinski definition) is 3. The topological polar surface area (TPSA) is 46.5 Å². The van der Waals surface area contributed by atoms with Crippen LogP contribution in [0.1, 0.15) is 64.7 Å². The Bertz CT molecular complexity index is 799. The number of carbonyl (C=O) groups excluding carboxylic acids is 1. The van der Waals surface area contributed by atoms with Crippen LogP contribution in [-0.4, -0.2) is 23.6 Å². The van der Waals surface area contributed by atoms with Crippen LogP contribution < -0.4 is 4.74 Å². The van der Waals surface area contributed by atoms with Crippen LogP contribution in [0.25, 0.3) is 0 Å². The number of rotatable bonds is 4. The zero-order chi connectivity index (χ0) is 20.1. The van der Waals surface area contributed by atoms with Crippen molar-refractivity contribution in [2.75, 3.05) is 6.61 Å². The summed E-state index contributed by atoms with van der Waals surface area (Å²) < 4.78 is 6.52. The van der Waals surface area contributed by atoms with Gasteiger partial charge in [0.05, 0.1) is 0 Å². The van der Waals surface area contributed by atoms with Crippen LogP contribution in [0.5, 0.6) is 5.75 Å². The molecule has 3 saturated carbocycles. The molecule has 0 aliphatic heterocycles. The molecule has 3 nitrogen and oxygen atoms in total. The smallest absolute Gasteiger partial charge is 0.136 e. The highest BCUT2D eigenvalue weighted by atomic mass is 16.5. The largest absolute Gasteiger partial charge is 0.490 e. The third-order valence-electron chi connectivity index (χ3n) is 9.15. The molecule has 0 heterocycles. The number of hydrogen-bond donors (Lipinski definition) is 1. The van der Waals surface area contributed by atoms with E-state index in [2.05, 4.69) is 37.3 Å². The van der Waals surface area contributed by atoms with Crippen molar-refractivity contribution in [3.63, 3.8) is 0 Å². The third-order valence-corrected chi connectivity index (χ3v) is 9.15. The lowest BCUT2D eigenvalue weighted by Crippen LogP contribution is -2.52. The second-order valence-electron chi connectivity index (χ2n) is 10.2. The summed E-state index contributed by atoms with van der Waals surface area (Å²) in [6, 6.07) is 10.3. The fourth-order valence-corrected chi connectivity index (χ4v) is 7.76. The summed E-state index contributed by atoms with van der Waals surface area (Å²) in [6.45, 7) is 2.70. The minimum Gasteiger partial charge on any atom is -0.490 e. The standard InChI is InChI=1S/C26H34O3/c1-25-13-12-23-21(8-7-18-17-19(28)11-14-26(18,23)15-16-27)22(25)9-10-24(25)29-20-5-3-2-4-6-20/h2-7,21-24,27H,8-17H2,1H3/t21-,22-,23-,24+,25-,26+/m0/s1. The van der Waals surface area contributed by atoms with E-state index in [0.29, 0.717) is 42.5 Å². The predicted molar refractivity (Wildman–Crippen MR) is 114 cm³/mol. The van der Waals surface area contributed by atoms with Crippen LogP contribution in [0.2, 0.25) is 0 Å². The minimum atomic E-state index is 0.0747. The molecule has 0 saturated heterocycles. The zero-order valence-electron chi connectivity index (χ0n) is 17.6. The van der Waals surface area contributed by atoms with Gasteiger partial charge in [-0.05, 0) is 80.2 Å². The van der Waals surface area contributed by atoms with E-state index in [9.17, 15) is 9.90 Å². The number of aliphatic hydroxyl groups is 1. The van der Waals surface area contributed by atoms with Crippen molar-refractivity contribution >= 4 is 5.78 Å². The average Bonchev–Trinajstić information content (AvgIpc) is 3.06. The molecule has 4 aliphatic rings. The molecular weight excluding hydrogens is 360 g/mol. The van der Waals surface area contributed by atoms with Gasteiger partial charge in [0.1, 0.15) is 17.6 Å². The minimum absolute atomic E-state index is 0.0747. The predicted octanol–water partition coefficient (Wildman–Crippen LogP) is 5.33. The molecule has 3 heteroatoms. The number of ether oxygens (including phenoxy) is 1. The van der Waals surface area contributed by atoms with E-state index in [0.717, 1.165) is 31.4 Å². The molecular formula is C26H34O3. The van der Waals surface area contributed by atoms with Gasteiger partial charge < -0.3 is 9.84 Å². The lowest BCUT2D eigenvalue weighted by molar-refractivity contribution is -0.123. The summed E-state index contributed by atoms with van der Waals surface area (Å²) in [7, 11) is 0. The number of allylic oxidation sites excluding steroid dienone is 2. The van der Waals surface area contributed by atoms with Crippen LogP contribution in [0.4, 0.5) is 0 Å². The van der Waals surface area contributed by atoms with Crippen LogP contribution >= 0.6 is 0 Å². The van der Waals surface area contributed by atoms with Crippen molar-refractivity contribution in [3.8, 4) is 5.75 Å². The van der Waals surface area contributed by atoms with Crippen LogP contribution in [0, 0.1) is 28.6 Å². The van der Waals surface area contributed by atoms with Gasteiger partial charge >= 0.3 is 0 Å². The molecule has 0 bridgehead atoms. The lowest BCUT2D eigenvalue weighted by atomic mass is 9.47. The highest BCUT2D eigenvalue weighted by Crippen LogP contribution is 2.65. The number of para-hydroxylation sites is 1. The van der Waals surface area contributed by atoms with Crippen molar-refractivity contribution in [2.24, 2.45) is 28.6 Å². The quantitative estimate of drug-likeness (QED) is 0.702. The Kier molecular flexibility index (Phi) is 4.85. The Balaban J connectivity index is 1.43. The summed E-state index contributed by atoms with van der Waals surface area (Å²) in [6.07, 6.45) is 11.7. The summed E-state index contributed by atoms with van der Waals surface area (Å²) in [5, 5.41) is 9.92. The van der Waals surface area contributed by atoms with Crippen molar-refractivity contribution in [1.82, 2.24) is 0 Å². The molecule has 0 aromatic heterocycles. The maximum atomic E-state index is 12.2. The second kappa shape index (κ2) is 7.27. The molecule has 3 fully saturated rings. The first-order chi connectivity index (χ1) is 14.1. The van der Waals surface area contributed by atoms with Gasteiger partial charge in [-0.1, -0.05) is 36.8 Å². The number of fused-ring (bicyclic) bond motifs is 5. The summed E-state index contributed by atoms with van der Waals surface area (Å²) in [5.41, 5.74) is 1.67. The molecule has 29 heavy (non-hydrogen) atoms. The Morgan fingerprint density at radius 2 is 1.93 bits per heavy atom. The SMILES string of the molecule is C[C@]12CC[C@H]3[C@@H](CC=C4CC(=O)CC[C@@]43CCO)[C@@H]1CC[C@H]2Oc1ccccc1. The molecule has 0 radical (unpaired) electrons. The fourth-order valence-electron chi connectivity index (χ4n) is 7.76. The van der Waals surface area contributed by atoms with Crippen molar-refractivity contribution in [3.05, 3.63) is 42.0 Å². The Morgan fingerprint density at radius 1 is 1.10 bits per heavy atom. The first-order valence-corrected chi connectivity index (χ1v) is 11.6.